The number of thiophene rings is 1. The zero-order valence-electron chi connectivity index (χ0n) is 8.58. The minimum absolute atomic E-state index is 0.229. The molecule has 2 aromatic rings. The lowest BCUT2D eigenvalue weighted by molar-refractivity contribution is 0.647. The van der Waals surface area contributed by atoms with Gasteiger partial charge in [-0.25, -0.2) is 5.43 Å². The first-order valence-corrected chi connectivity index (χ1v) is 6.79. The van der Waals surface area contributed by atoms with Crippen LogP contribution in [0.2, 0.25) is 15.1 Å². The Morgan fingerprint density at radius 3 is 2.41 bits per heavy atom. The lowest BCUT2D eigenvalue weighted by atomic mass is 10.1. The maximum Gasteiger partial charge on any atom is 0.0831 e. The molecule has 0 aliphatic heterocycles. The van der Waals surface area contributed by atoms with Crippen molar-refractivity contribution in [3.8, 4) is 0 Å². The van der Waals surface area contributed by atoms with Crippen LogP contribution in [-0.4, -0.2) is 0 Å². The van der Waals surface area contributed by atoms with E-state index in [1.165, 1.54) is 11.3 Å². The van der Waals surface area contributed by atoms with Crippen LogP contribution < -0.4 is 11.3 Å². The minimum Gasteiger partial charge on any atom is -0.271 e. The van der Waals surface area contributed by atoms with Gasteiger partial charge in [0.05, 0.1) is 11.1 Å². The molecule has 90 valence electrons. The van der Waals surface area contributed by atoms with Crippen LogP contribution in [0.5, 0.6) is 0 Å². The summed E-state index contributed by atoms with van der Waals surface area (Å²) in [4.78, 5) is 0.929. The summed E-state index contributed by atoms with van der Waals surface area (Å²) in [6.07, 6.45) is 0. The summed E-state index contributed by atoms with van der Waals surface area (Å²) in [6.45, 7) is 0. The quantitative estimate of drug-likeness (QED) is 0.657. The maximum absolute atomic E-state index is 6.15. The number of benzene rings is 1. The normalized spacial score (nSPS) is 12.7. The average molecular weight is 308 g/mol. The van der Waals surface area contributed by atoms with Gasteiger partial charge in [-0.3, -0.25) is 5.84 Å². The molecule has 0 saturated carbocycles. The van der Waals surface area contributed by atoms with E-state index in [1.54, 1.807) is 12.1 Å². The zero-order valence-corrected chi connectivity index (χ0v) is 11.7. The van der Waals surface area contributed by atoms with Gasteiger partial charge in [0.25, 0.3) is 0 Å². The van der Waals surface area contributed by atoms with Crippen molar-refractivity contribution in [2.75, 3.05) is 0 Å². The van der Waals surface area contributed by atoms with Crippen molar-refractivity contribution < 1.29 is 0 Å². The Morgan fingerprint density at radius 2 is 1.88 bits per heavy atom. The summed E-state index contributed by atoms with van der Waals surface area (Å²) in [5, 5.41) is 3.73. The van der Waals surface area contributed by atoms with Crippen LogP contribution >= 0.6 is 46.1 Å². The Balaban J connectivity index is 2.46. The molecule has 0 fully saturated rings. The fraction of sp³-hybridized carbons (Fsp3) is 0.0909. The van der Waals surface area contributed by atoms with Gasteiger partial charge in [-0.05, 0) is 29.1 Å². The molecule has 17 heavy (non-hydrogen) atoms. The Labute approximate surface area is 118 Å². The molecule has 1 heterocycles. The first kappa shape index (κ1) is 13.1. The molecule has 3 N–H and O–H groups in total. The Hall–Kier alpha value is -0.290. The van der Waals surface area contributed by atoms with Crippen molar-refractivity contribution in [1.82, 2.24) is 5.43 Å². The number of halogens is 3. The van der Waals surface area contributed by atoms with Gasteiger partial charge < -0.3 is 0 Å². The molecule has 0 aliphatic carbocycles. The van der Waals surface area contributed by atoms with E-state index >= 15 is 0 Å². The first-order valence-electron chi connectivity index (χ1n) is 4.77. The van der Waals surface area contributed by atoms with E-state index < -0.39 is 0 Å². The van der Waals surface area contributed by atoms with Crippen molar-refractivity contribution in [3.63, 3.8) is 0 Å². The smallest absolute Gasteiger partial charge is 0.0831 e. The van der Waals surface area contributed by atoms with Gasteiger partial charge >= 0.3 is 0 Å². The molecule has 1 aromatic heterocycles. The second kappa shape index (κ2) is 5.57. The highest BCUT2D eigenvalue weighted by molar-refractivity contribution is 7.10. The van der Waals surface area contributed by atoms with Crippen LogP contribution in [0.25, 0.3) is 0 Å². The molecule has 1 atom stereocenters. The predicted molar refractivity (Wildman–Crippen MR) is 75.0 cm³/mol. The fourth-order valence-electron chi connectivity index (χ4n) is 1.55. The lowest BCUT2D eigenvalue weighted by Gasteiger charge is -2.17. The van der Waals surface area contributed by atoms with Crippen molar-refractivity contribution in [1.29, 1.82) is 0 Å². The van der Waals surface area contributed by atoms with Gasteiger partial charge in [0, 0.05) is 14.9 Å². The molecular weight excluding hydrogens is 299 g/mol. The summed E-state index contributed by atoms with van der Waals surface area (Å²) in [5.74, 6) is 5.58. The van der Waals surface area contributed by atoms with Gasteiger partial charge in [-0.1, -0.05) is 40.9 Å². The largest absolute Gasteiger partial charge is 0.271 e. The molecule has 0 bridgehead atoms. The van der Waals surface area contributed by atoms with E-state index in [-0.39, 0.29) is 6.04 Å². The number of nitrogens with two attached hydrogens (primary N) is 1. The van der Waals surface area contributed by atoms with Gasteiger partial charge in [-0.15, -0.1) is 11.3 Å². The summed E-state index contributed by atoms with van der Waals surface area (Å²) >= 11 is 19.6. The van der Waals surface area contributed by atoms with Crippen molar-refractivity contribution in [3.05, 3.63) is 55.2 Å². The summed E-state index contributed by atoms with van der Waals surface area (Å²) in [6, 6.07) is 6.90. The van der Waals surface area contributed by atoms with E-state index in [0.29, 0.717) is 15.1 Å². The third-order valence-corrected chi connectivity index (χ3v) is 4.33. The Bertz CT molecular complexity index is 527. The zero-order chi connectivity index (χ0) is 12.4. The molecule has 0 saturated heterocycles. The molecule has 2 rings (SSSR count). The van der Waals surface area contributed by atoms with Crippen molar-refractivity contribution in [2.24, 2.45) is 5.84 Å². The summed E-state index contributed by atoms with van der Waals surface area (Å²) < 4.78 is 0. The SMILES string of the molecule is NNC(c1ccc(Cl)cc1Cl)c1sccc1Cl. The fourth-order valence-corrected chi connectivity index (χ4v) is 3.31. The molecule has 0 radical (unpaired) electrons. The molecule has 0 spiro atoms. The molecule has 2 nitrogen and oxygen atoms in total. The summed E-state index contributed by atoms with van der Waals surface area (Å²) in [5.41, 5.74) is 3.57. The highest BCUT2D eigenvalue weighted by Gasteiger charge is 2.19. The van der Waals surface area contributed by atoms with E-state index in [1.807, 2.05) is 17.5 Å². The number of nitrogens with one attached hydrogen (secondary N) is 1. The van der Waals surface area contributed by atoms with Crippen molar-refractivity contribution in [2.45, 2.75) is 6.04 Å². The molecular formula is C11H9Cl3N2S. The van der Waals surface area contributed by atoms with Crippen LogP contribution in [0.4, 0.5) is 0 Å². The first-order chi connectivity index (χ1) is 8.13. The second-order valence-electron chi connectivity index (χ2n) is 3.40. The molecule has 6 heteroatoms. The highest BCUT2D eigenvalue weighted by Crippen LogP contribution is 2.36. The average Bonchev–Trinajstić information content (AvgIpc) is 2.69. The van der Waals surface area contributed by atoms with E-state index in [0.717, 1.165) is 10.4 Å². The monoisotopic (exact) mass is 306 g/mol. The van der Waals surface area contributed by atoms with Crippen LogP contribution in [0, 0.1) is 0 Å². The van der Waals surface area contributed by atoms with Gasteiger partial charge in [0.2, 0.25) is 0 Å². The minimum atomic E-state index is -0.229. The Morgan fingerprint density at radius 1 is 1.12 bits per heavy atom. The van der Waals surface area contributed by atoms with Crippen LogP contribution in [0.15, 0.2) is 29.6 Å². The standard InChI is InChI=1S/C11H9Cl3N2S/c12-6-1-2-7(9(14)5-6)10(16-15)11-8(13)3-4-17-11/h1-5,10,16H,15H2. The summed E-state index contributed by atoms with van der Waals surface area (Å²) in [7, 11) is 0. The van der Waals surface area contributed by atoms with Crippen LogP contribution in [0.3, 0.4) is 0 Å². The lowest BCUT2D eigenvalue weighted by Crippen LogP contribution is -2.28. The van der Waals surface area contributed by atoms with E-state index in [9.17, 15) is 0 Å². The van der Waals surface area contributed by atoms with Crippen LogP contribution in [0.1, 0.15) is 16.5 Å². The molecule has 0 amide bonds. The highest BCUT2D eigenvalue weighted by atomic mass is 35.5. The molecule has 0 aliphatic rings. The topological polar surface area (TPSA) is 38.0 Å². The van der Waals surface area contributed by atoms with Gasteiger partial charge in [-0.2, -0.15) is 0 Å². The van der Waals surface area contributed by atoms with E-state index in [2.05, 4.69) is 5.43 Å². The predicted octanol–water partition coefficient (Wildman–Crippen LogP) is 4.26. The number of hydrogen-bond acceptors (Lipinski definition) is 3. The van der Waals surface area contributed by atoms with Gasteiger partial charge in [0.1, 0.15) is 0 Å². The maximum atomic E-state index is 6.15. The van der Waals surface area contributed by atoms with Gasteiger partial charge in [0.15, 0.2) is 0 Å². The van der Waals surface area contributed by atoms with Crippen LogP contribution in [-0.2, 0) is 0 Å². The third-order valence-electron chi connectivity index (χ3n) is 2.35. The molecule has 1 unspecified atom stereocenters. The molecule has 1 aromatic carbocycles. The number of hydrogen-bond donors (Lipinski definition) is 2. The Kier molecular flexibility index (Phi) is 4.31. The number of hydrazine groups is 1. The second-order valence-corrected chi connectivity index (χ2v) is 5.60. The van der Waals surface area contributed by atoms with Crippen molar-refractivity contribution >= 4 is 46.1 Å². The third kappa shape index (κ3) is 2.76. The van der Waals surface area contributed by atoms with E-state index in [4.69, 9.17) is 40.6 Å². The number of rotatable bonds is 3.